The van der Waals surface area contributed by atoms with Crippen LogP contribution in [0.25, 0.3) is 10.9 Å². The standard InChI is InChI=1S/C16H11ClFNO/c17-14-3-4-15(18)13(8-14)9-19-6-5-12-2-1-11(10-20)7-16(12)19/h1-8,10H,9H2. The lowest BCUT2D eigenvalue weighted by atomic mass is 10.1. The zero-order chi connectivity index (χ0) is 14.1. The van der Waals surface area contributed by atoms with Gasteiger partial charge in [-0.05, 0) is 35.7 Å². The Bertz CT molecular complexity index is 794. The van der Waals surface area contributed by atoms with E-state index in [-0.39, 0.29) is 5.82 Å². The minimum atomic E-state index is -0.289. The SMILES string of the molecule is O=Cc1ccc2ccn(Cc3cc(Cl)ccc3F)c2c1. The minimum absolute atomic E-state index is 0.289. The van der Waals surface area contributed by atoms with Crippen LogP contribution >= 0.6 is 11.6 Å². The highest BCUT2D eigenvalue weighted by Crippen LogP contribution is 2.21. The average molecular weight is 288 g/mol. The van der Waals surface area contributed by atoms with Gasteiger partial charge in [0.05, 0.1) is 6.54 Å². The van der Waals surface area contributed by atoms with Gasteiger partial charge in [0, 0.05) is 27.9 Å². The Balaban J connectivity index is 2.06. The van der Waals surface area contributed by atoms with E-state index in [0.717, 1.165) is 17.2 Å². The molecule has 0 fully saturated rings. The van der Waals surface area contributed by atoms with Crippen LogP contribution in [0.1, 0.15) is 15.9 Å². The van der Waals surface area contributed by atoms with E-state index < -0.39 is 0 Å². The Labute approximate surface area is 120 Å². The van der Waals surface area contributed by atoms with Crippen LogP contribution in [0.2, 0.25) is 5.02 Å². The van der Waals surface area contributed by atoms with Crippen molar-refractivity contribution in [1.82, 2.24) is 4.57 Å². The molecule has 2 nitrogen and oxygen atoms in total. The highest BCUT2D eigenvalue weighted by molar-refractivity contribution is 6.30. The molecule has 0 N–H and O–H groups in total. The van der Waals surface area contributed by atoms with Gasteiger partial charge in [-0.3, -0.25) is 4.79 Å². The monoisotopic (exact) mass is 287 g/mol. The molecule has 0 amide bonds. The fourth-order valence-electron chi connectivity index (χ4n) is 2.26. The van der Waals surface area contributed by atoms with Gasteiger partial charge in [0.15, 0.2) is 0 Å². The van der Waals surface area contributed by atoms with Crippen molar-refractivity contribution in [2.75, 3.05) is 0 Å². The number of fused-ring (bicyclic) bond motifs is 1. The van der Waals surface area contributed by atoms with Gasteiger partial charge in [-0.2, -0.15) is 0 Å². The Morgan fingerprint density at radius 3 is 2.80 bits per heavy atom. The Hall–Kier alpha value is -2.13. The van der Waals surface area contributed by atoms with Crippen molar-refractivity contribution in [1.29, 1.82) is 0 Å². The van der Waals surface area contributed by atoms with E-state index >= 15 is 0 Å². The molecule has 20 heavy (non-hydrogen) atoms. The highest BCUT2D eigenvalue weighted by Gasteiger charge is 2.07. The number of benzene rings is 2. The van der Waals surface area contributed by atoms with Crippen LogP contribution < -0.4 is 0 Å². The highest BCUT2D eigenvalue weighted by atomic mass is 35.5. The fourth-order valence-corrected chi connectivity index (χ4v) is 2.45. The molecule has 4 heteroatoms. The molecule has 1 heterocycles. The molecule has 0 aliphatic heterocycles. The molecule has 0 unspecified atom stereocenters. The number of halogens is 2. The van der Waals surface area contributed by atoms with Crippen molar-refractivity contribution in [3.05, 3.63) is 70.6 Å². The summed E-state index contributed by atoms with van der Waals surface area (Å²) in [7, 11) is 0. The summed E-state index contributed by atoms with van der Waals surface area (Å²) in [6, 6.07) is 11.9. The molecule has 0 saturated carbocycles. The topological polar surface area (TPSA) is 22.0 Å². The van der Waals surface area contributed by atoms with Crippen LogP contribution in [0.3, 0.4) is 0 Å². The van der Waals surface area contributed by atoms with Gasteiger partial charge in [-0.15, -0.1) is 0 Å². The van der Waals surface area contributed by atoms with E-state index in [0.29, 0.717) is 22.7 Å². The first-order chi connectivity index (χ1) is 9.67. The van der Waals surface area contributed by atoms with E-state index in [2.05, 4.69) is 0 Å². The third kappa shape index (κ3) is 2.32. The fraction of sp³-hybridized carbons (Fsp3) is 0.0625. The minimum Gasteiger partial charge on any atom is -0.343 e. The smallest absolute Gasteiger partial charge is 0.150 e. The molecule has 0 atom stereocenters. The molecule has 0 saturated heterocycles. The Kier molecular flexibility index (Phi) is 3.28. The van der Waals surface area contributed by atoms with Crippen LogP contribution in [-0.2, 0) is 6.54 Å². The van der Waals surface area contributed by atoms with Gasteiger partial charge in [-0.1, -0.05) is 23.7 Å². The Morgan fingerprint density at radius 1 is 1.15 bits per heavy atom. The summed E-state index contributed by atoms with van der Waals surface area (Å²) in [5.74, 6) is -0.289. The number of nitrogens with zero attached hydrogens (tertiary/aromatic N) is 1. The predicted octanol–water partition coefficient (Wildman–Crippen LogP) is 4.29. The molecular weight excluding hydrogens is 277 g/mol. The normalized spacial score (nSPS) is 10.9. The third-order valence-electron chi connectivity index (χ3n) is 3.28. The van der Waals surface area contributed by atoms with Gasteiger partial charge in [0.2, 0.25) is 0 Å². The van der Waals surface area contributed by atoms with Crippen molar-refractivity contribution < 1.29 is 9.18 Å². The molecule has 2 aromatic carbocycles. The lowest BCUT2D eigenvalue weighted by molar-refractivity contribution is 0.112. The molecular formula is C16H11ClFNO. The van der Waals surface area contributed by atoms with E-state index in [1.807, 2.05) is 22.9 Å². The number of aldehydes is 1. The Morgan fingerprint density at radius 2 is 2.00 bits per heavy atom. The maximum absolute atomic E-state index is 13.8. The summed E-state index contributed by atoms with van der Waals surface area (Å²) < 4.78 is 15.7. The lowest BCUT2D eigenvalue weighted by Crippen LogP contribution is -2.00. The van der Waals surface area contributed by atoms with Crippen LogP contribution in [-0.4, -0.2) is 10.9 Å². The summed E-state index contributed by atoms with van der Waals surface area (Å²) in [5, 5.41) is 1.52. The summed E-state index contributed by atoms with van der Waals surface area (Å²) in [6.45, 7) is 0.373. The predicted molar refractivity (Wildman–Crippen MR) is 77.8 cm³/mol. The number of carbonyl (C=O) groups excluding carboxylic acids is 1. The molecule has 3 rings (SSSR count). The first-order valence-corrected chi connectivity index (χ1v) is 6.53. The van der Waals surface area contributed by atoms with E-state index in [4.69, 9.17) is 11.6 Å². The summed E-state index contributed by atoms with van der Waals surface area (Å²) in [6.07, 6.45) is 2.68. The number of aromatic nitrogens is 1. The zero-order valence-corrected chi connectivity index (χ0v) is 11.3. The second kappa shape index (κ2) is 5.10. The number of carbonyl (C=O) groups is 1. The number of hydrogen-bond acceptors (Lipinski definition) is 1. The van der Waals surface area contributed by atoms with E-state index in [1.165, 1.54) is 12.1 Å². The largest absolute Gasteiger partial charge is 0.343 e. The molecule has 0 bridgehead atoms. The van der Waals surface area contributed by atoms with Gasteiger partial charge in [0.1, 0.15) is 12.1 Å². The quantitative estimate of drug-likeness (QED) is 0.659. The maximum atomic E-state index is 13.8. The lowest BCUT2D eigenvalue weighted by Gasteiger charge is -2.08. The second-order valence-corrected chi connectivity index (χ2v) is 5.05. The van der Waals surface area contributed by atoms with E-state index in [9.17, 15) is 9.18 Å². The number of hydrogen-bond donors (Lipinski definition) is 0. The molecule has 1 aromatic heterocycles. The van der Waals surface area contributed by atoms with Gasteiger partial charge in [0.25, 0.3) is 0 Å². The molecule has 0 aliphatic carbocycles. The zero-order valence-electron chi connectivity index (χ0n) is 10.5. The summed E-state index contributed by atoms with van der Waals surface area (Å²) >= 11 is 5.90. The third-order valence-corrected chi connectivity index (χ3v) is 3.52. The first-order valence-electron chi connectivity index (χ1n) is 6.15. The molecule has 0 aliphatic rings. The van der Waals surface area contributed by atoms with Crippen LogP contribution in [0, 0.1) is 5.82 Å². The van der Waals surface area contributed by atoms with Gasteiger partial charge < -0.3 is 4.57 Å². The summed E-state index contributed by atoms with van der Waals surface area (Å²) in [5.41, 5.74) is 2.02. The molecule has 0 radical (unpaired) electrons. The van der Waals surface area contributed by atoms with Gasteiger partial charge in [-0.25, -0.2) is 4.39 Å². The van der Waals surface area contributed by atoms with Crippen molar-refractivity contribution in [3.8, 4) is 0 Å². The summed E-state index contributed by atoms with van der Waals surface area (Å²) in [4.78, 5) is 10.9. The average Bonchev–Trinajstić information content (AvgIpc) is 2.85. The second-order valence-electron chi connectivity index (χ2n) is 4.62. The van der Waals surface area contributed by atoms with Crippen molar-refractivity contribution in [3.63, 3.8) is 0 Å². The number of rotatable bonds is 3. The van der Waals surface area contributed by atoms with Crippen LogP contribution in [0.15, 0.2) is 48.7 Å². The molecule has 100 valence electrons. The van der Waals surface area contributed by atoms with Gasteiger partial charge >= 0.3 is 0 Å². The molecule has 0 spiro atoms. The van der Waals surface area contributed by atoms with E-state index in [1.54, 1.807) is 18.2 Å². The van der Waals surface area contributed by atoms with Crippen molar-refractivity contribution >= 4 is 28.8 Å². The van der Waals surface area contributed by atoms with Crippen molar-refractivity contribution in [2.45, 2.75) is 6.54 Å². The van der Waals surface area contributed by atoms with Crippen molar-refractivity contribution in [2.24, 2.45) is 0 Å². The van der Waals surface area contributed by atoms with Crippen LogP contribution in [0.4, 0.5) is 4.39 Å². The van der Waals surface area contributed by atoms with Crippen LogP contribution in [0.5, 0.6) is 0 Å². The first kappa shape index (κ1) is 12.9. The molecule has 3 aromatic rings. The maximum Gasteiger partial charge on any atom is 0.150 e.